The van der Waals surface area contributed by atoms with E-state index in [1.165, 1.54) is 12.8 Å². The SMILES string of the molecule is C1CCC/N=N/N=N\CC1. The molecule has 4 nitrogen and oxygen atoms in total. The van der Waals surface area contributed by atoms with E-state index in [-0.39, 0.29) is 0 Å². The molecule has 0 aromatic rings. The first kappa shape index (κ1) is 7.31. The lowest BCUT2D eigenvalue weighted by Gasteiger charge is -1.96. The molecule has 1 aliphatic rings. The summed E-state index contributed by atoms with van der Waals surface area (Å²) >= 11 is 0. The number of nitrogens with zero attached hydrogens (tertiary/aromatic N) is 4. The lowest BCUT2D eigenvalue weighted by molar-refractivity contribution is 0.614. The summed E-state index contributed by atoms with van der Waals surface area (Å²) in [6, 6.07) is 0. The maximum Gasteiger partial charge on any atom is 0.0621 e. The molecule has 0 N–H and O–H groups in total. The van der Waals surface area contributed by atoms with Gasteiger partial charge in [0.05, 0.1) is 13.1 Å². The van der Waals surface area contributed by atoms with Crippen molar-refractivity contribution in [1.82, 2.24) is 0 Å². The Morgan fingerprint density at radius 3 is 1.60 bits per heavy atom. The van der Waals surface area contributed by atoms with Crippen LogP contribution in [0.1, 0.15) is 25.7 Å². The molecule has 56 valence electrons. The minimum absolute atomic E-state index is 0.805. The maximum absolute atomic E-state index is 3.80. The Kier molecular flexibility index (Phi) is 3.67. The van der Waals surface area contributed by atoms with E-state index in [0.717, 1.165) is 25.9 Å². The van der Waals surface area contributed by atoms with E-state index in [2.05, 4.69) is 20.7 Å². The molecule has 1 heterocycles. The zero-order valence-corrected chi connectivity index (χ0v) is 6.03. The summed E-state index contributed by atoms with van der Waals surface area (Å²) in [7, 11) is 0. The van der Waals surface area contributed by atoms with Crippen LogP contribution < -0.4 is 0 Å². The molecule has 0 aromatic carbocycles. The second kappa shape index (κ2) is 5.02. The Balaban J connectivity index is 2.26. The van der Waals surface area contributed by atoms with E-state index in [1.807, 2.05) is 0 Å². The summed E-state index contributed by atoms with van der Waals surface area (Å²) in [5.74, 6) is 0. The average molecular weight is 140 g/mol. The molecular formula is C6H12N4. The van der Waals surface area contributed by atoms with Gasteiger partial charge in [-0.25, -0.2) is 0 Å². The molecule has 0 aromatic heterocycles. The number of rotatable bonds is 0. The van der Waals surface area contributed by atoms with Crippen molar-refractivity contribution in [3.8, 4) is 0 Å². The maximum atomic E-state index is 3.80. The third kappa shape index (κ3) is 3.27. The summed E-state index contributed by atoms with van der Waals surface area (Å²) < 4.78 is 0. The number of hydrogen-bond donors (Lipinski definition) is 0. The van der Waals surface area contributed by atoms with Crippen LogP contribution >= 0.6 is 0 Å². The molecule has 1 aliphatic heterocycles. The van der Waals surface area contributed by atoms with Crippen LogP contribution in [-0.2, 0) is 0 Å². The topological polar surface area (TPSA) is 49.4 Å². The molecule has 0 saturated heterocycles. The molecule has 0 amide bonds. The molecule has 1 rings (SSSR count). The van der Waals surface area contributed by atoms with Gasteiger partial charge >= 0.3 is 0 Å². The molecule has 0 fully saturated rings. The van der Waals surface area contributed by atoms with Crippen molar-refractivity contribution in [3.63, 3.8) is 0 Å². The Morgan fingerprint density at radius 1 is 0.600 bits per heavy atom. The van der Waals surface area contributed by atoms with E-state index in [4.69, 9.17) is 0 Å². The van der Waals surface area contributed by atoms with Gasteiger partial charge in [0, 0.05) is 0 Å². The highest BCUT2D eigenvalue weighted by Crippen LogP contribution is 2.02. The monoisotopic (exact) mass is 140 g/mol. The molecule has 10 heavy (non-hydrogen) atoms. The first-order valence-corrected chi connectivity index (χ1v) is 3.73. The Labute approximate surface area is 60.4 Å². The molecule has 0 atom stereocenters. The van der Waals surface area contributed by atoms with Crippen molar-refractivity contribution in [3.05, 3.63) is 0 Å². The lowest BCUT2D eigenvalue weighted by atomic mass is 10.2. The van der Waals surface area contributed by atoms with Crippen LogP contribution in [0.15, 0.2) is 20.7 Å². The van der Waals surface area contributed by atoms with Crippen LogP contribution in [0.3, 0.4) is 0 Å². The summed E-state index contributed by atoms with van der Waals surface area (Å²) in [6.45, 7) is 1.61. The summed E-state index contributed by atoms with van der Waals surface area (Å²) in [5.41, 5.74) is 0. The quantitative estimate of drug-likeness (QED) is 0.496. The highest BCUT2D eigenvalue weighted by atomic mass is 15.5. The van der Waals surface area contributed by atoms with E-state index < -0.39 is 0 Å². The summed E-state index contributed by atoms with van der Waals surface area (Å²) in [4.78, 5) is 0. The van der Waals surface area contributed by atoms with Gasteiger partial charge in [-0.15, -0.1) is 0 Å². The van der Waals surface area contributed by atoms with Crippen LogP contribution in [0.5, 0.6) is 0 Å². The van der Waals surface area contributed by atoms with Crippen molar-refractivity contribution in [1.29, 1.82) is 0 Å². The third-order valence-electron chi connectivity index (χ3n) is 1.43. The summed E-state index contributed by atoms with van der Waals surface area (Å²) in [6.07, 6.45) is 4.76. The molecule has 0 saturated carbocycles. The standard InChI is InChI=1S/C6H12N4/c1-2-4-6-8-10-9-7-5-3-1/h1-6H2/b9-7-,10-8+. The largest absolute Gasteiger partial charge is 0.167 e. The van der Waals surface area contributed by atoms with Crippen LogP contribution in [0, 0.1) is 0 Å². The van der Waals surface area contributed by atoms with Gasteiger partial charge in [0.15, 0.2) is 0 Å². The highest BCUT2D eigenvalue weighted by Gasteiger charge is 1.90. The lowest BCUT2D eigenvalue weighted by Crippen LogP contribution is -1.85. The molecule has 0 radical (unpaired) electrons. The summed E-state index contributed by atoms with van der Waals surface area (Å²) in [5, 5.41) is 14.6. The zero-order valence-electron chi connectivity index (χ0n) is 6.03. The normalized spacial score (nSPS) is 27.2. The fourth-order valence-electron chi connectivity index (χ4n) is 0.865. The zero-order chi connectivity index (χ0) is 7.07. The smallest absolute Gasteiger partial charge is 0.0621 e. The Morgan fingerprint density at radius 2 is 1.10 bits per heavy atom. The van der Waals surface area contributed by atoms with Crippen molar-refractivity contribution in [2.45, 2.75) is 25.7 Å². The van der Waals surface area contributed by atoms with Crippen LogP contribution in [0.25, 0.3) is 0 Å². The average Bonchev–Trinajstić information content (AvgIpc) is 2.01. The van der Waals surface area contributed by atoms with Gasteiger partial charge in [0.25, 0.3) is 0 Å². The van der Waals surface area contributed by atoms with Crippen molar-refractivity contribution in [2.75, 3.05) is 13.1 Å². The van der Waals surface area contributed by atoms with Gasteiger partial charge in [-0.05, 0) is 23.3 Å². The number of hydrogen-bond acceptors (Lipinski definition) is 4. The Hall–Kier alpha value is -0.800. The van der Waals surface area contributed by atoms with Gasteiger partial charge in [-0.1, -0.05) is 12.8 Å². The fourth-order valence-corrected chi connectivity index (χ4v) is 0.865. The van der Waals surface area contributed by atoms with E-state index in [9.17, 15) is 0 Å². The van der Waals surface area contributed by atoms with E-state index in [1.54, 1.807) is 0 Å². The second-order valence-corrected chi connectivity index (χ2v) is 2.32. The first-order valence-electron chi connectivity index (χ1n) is 3.73. The van der Waals surface area contributed by atoms with Gasteiger partial charge in [0.2, 0.25) is 0 Å². The van der Waals surface area contributed by atoms with E-state index >= 15 is 0 Å². The molecular weight excluding hydrogens is 128 g/mol. The van der Waals surface area contributed by atoms with Gasteiger partial charge in [0.1, 0.15) is 0 Å². The predicted octanol–water partition coefficient (Wildman–Crippen LogP) is 2.38. The van der Waals surface area contributed by atoms with Gasteiger partial charge < -0.3 is 0 Å². The predicted molar refractivity (Wildman–Crippen MR) is 37.9 cm³/mol. The Bertz CT molecular complexity index is 114. The first-order chi connectivity index (χ1) is 5.00. The molecule has 0 spiro atoms. The molecule has 0 unspecified atom stereocenters. The second-order valence-electron chi connectivity index (χ2n) is 2.32. The molecule has 0 bridgehead atoms. The van der Waals surface area contributed by atoms with E-state index in [0.29, 0.717) is 0 Å². The third-order valence-corrected chi connectivity index (χ3v) is 1.43. The minimum atomic E-state index is 0.805. The van der Waals surface area contributed by atoms with Crippen molar-refractivity contribution < 1.29 is 0 Å². The van der Waals surface area contributed by atoms with Crippen LogP contribution in [0.2, 0.25) is 0 Å². The van der Waals surface area contributed by atoms with Crippen LogP contribution in [-0.4, -0.2) is 13.1 Å². The fraction of sp³-hybridized carbons (Fsp3) is 1.00. The molecule has 4 heteroatoms. The van der Waals surface area contributed by atoms with Crippen molar-refractivity contribution in [2.24, 2.45) is 20.7 Å². The molecule has 0 aliphatic carbocycles. The van der Waals surface area contributed by atoms with Gasteiger partial charge in [-0.3, -0.25) is 0 Å². The highest BCUT2D eigenvalue weighted by molar-refractivity contribution is 4.47. The minimum Gasteiger partial charge on any atom is -0.167 e. The van der Waals surface area contributed by atoms with Crippen LogP contribution in [0.4, 0.5) is 0 Å². The van der Waals surface area contributed by atoms with Crippen molar-refractivity contribution >= 4 is 0 Å². The van der Waals surface area contributed by atoms with Gasteiger partial charge in [-0.2, -0.15) is 10.2 Å².